The fourth-order valence-corrected chi connectivity index (χ4v) is 4.68. The molecule has 0 bridgehead atoms. The van der Waals surface area contributed by atoms with Crippen LogP contribution in [0.1, 0.15) is 122 Å². The summed E-state index contributed by atoms with van der Waals surface area (Å²) in [5.41, 5.74) is 0. The second-order valence-corrected chi connectivity index (χ2v) is 11.4. The van der Waals surface area contributed by atoms with Crippen LogP contribution < -0.4 is 16.0 Å². The van der Waals surface area contributed by atoms with E-state index >= 15 is 0 Å². The summed E-state index contributed by atoms with van der Waals surface area (Å²) in [5.74, 6) is -2.74. The lowest BCUT2D eigenvalue weighted by Crippen LogP contribution is -2.41. The Morgan fingerprint density at radius 3 is 1.54 bits per heavy atom. The SMILES string of the molecule is CCOCCNC(=O)COCCOCCNC(=O)CCC(NC(=O)CCCCCCCCCCCCCCCCC(=O)O)C(=O)O. The number of hydrogen-bond acceptors (Lipinski definition) is 8. The number of ether oxygens (including phenoxy) is 3. The lowest BCUT2D eigenvalue weighted by Gasteiger charge is -2.14. The summed E-state index contributed by atoms with van der Waals surface area (Å²) in [6.07, 6.45) is 15.8. The third-order valence-electron chi connectivity index (χ3n) is 7.28. The van der Waals surface area contributed by atoms with E-state index in [1.54, 1.807) is 0 Å². The molecule has 13 heteroatoms. The molecule has 268 valence electrons. The van der Waals surface area contributed by atoms with Gasteiger partial charge in [-0.25, -0.2) is 4.79 Å². The van der Waals surface area contributed by atoms with E-state index in [0.29, 0.717) is 26.2 Å². The maximum atomic E-state index is 12.2. The minimum Gasteiger partial charge on any atom is -0.481 e. The number of hydrogen-bond donors (Lipinski definition) is 5. The molecular formula is C33H61N3O10. The van der Waals surface area contributed by atoms with Gasteiger partial charge in [0.1, 0.15) is 12.6 Å². The highest BCUT2D eigenvalue weighted by Crippen LogP contribution is 2.14. The Kier molecular flexibility index (Phi) is 30.2. The van der Waals surface area contributed by atoms with Gasteiger partial charge in [0, 0.05) is 39.0 Å². The summed E-state index contributed by atoms with van der Waals surface area (Å²) in [4.78, 5) is 57.9. The lowest BCUT2D eigenvalue weighted by atomic mass is 10.0. The van der Waals surface area contributed by atoms with E-state index in [0.717, 1.165) is 38.5 Å². The molecule has 0 fully saturated rings. The molecule has 0 heterocycles. The number of rotatable bonds is 34. The number of nitrogens with one attached hydrogen (secondary N) is 3. The van der Waals surface area contributed by atoms with Gasteiger partial charge in [-0.1, -0.05) is 77.0 Å². The van der Waals surface area contributed by atoms with E-state index in [1.807, 2.05) is 6.92 Å². The van der Waals surface area contributed by atoms with Crippen LogP contribution in [0.4, 0.5) is 0 Å². The van der Waals surface area contributed by atoms with Crippen molar-refractivity contribution in [3.63, 3.8) is 0 Å². The third kappa shape index (κ3) is 31.2. The van der Waals surface area contributed by atoms with Crippen LogP contribution in [0.2, 0.25) is 0 Å². The molecule has 0 saturated heterocycles. The van der Waals surface area contributed by atoms with Crippen molar-refractivity contribution in [1.29, 1.82) is 0 Å². The topological polar surface area (TPSA) is 190 Å². The minimum atomic E-state index is -1.16. The van der Waals surface area contributed by atoms with Crippen molar-refractivity contribution in [1.82, 2.24) is 16.0 Å². The molecular weight excluding hydrogens is 598 g/mol. The molecule has 1 unspecified atom stereocenters. The first-order chi connectivity index (χ1) is 22.3. The van der Waals surface area contributed by atoms with Gasteiger partial charge in [0.15, 0.2) is 0 Å². The Morgan fingerprint density at radius 1 is 0.543 bits per heavy atom. The van der Waals surface area contributed by atoms with Crippen LogP contribution in [0.25, 0.3) is 0 Å². The quantitative estimate of drug-likeness (QED) is 0.0632. The van der Waals surface area contributed by atoms with Crippen LogP contribution in [0.15, 0.2) is 0 Å². The van der Waals surface area contributed by atoms with Crippen molar-refractivity contribution < 1.29 is 48.4 Å². The molecule has 46 heavy (non-hydrogen) atoms. The summed E-state index contributed by atoms with van der Waals surface area (Å²) in [6, 6.07) is -1.11. The molecule has 0 aromatic carbocycles. The van der Waals surface area contributed by atoms with Crippen molar-refractivity contribution >= 4 is 29.7 Å². The highest BCUT2D eigenvalue weighted by atomic mass is 16.5. The first-order valence-corrected chi connectivity index (χ1v) is 17.3. The Morgan fingerprint density at radius 2 is 1.02 bits per heavy atom. The van der Waals surface area contributed by atoms with Gasteiger partial charge >= 0.3 is 11.9 Å². The molecule has 5 N–H and O–H groups in total. The van der Waals surface area contributed by atoms with Crippen LogP contribution in [0.3, 0.4) is 0 Å². The van der Waals surface area contributed by atoms with Crippen molar-refractivity contribution in [2.45, 2.75) is 129 Å². The summed E-state index contributed by atoms with van der Waals surface area (Å²) in [6.45, 7) is 4.27. The highest BCUT2D eigenvalue weighted by Gasteiger charge is 2.20. The summed E-state index contributed by atoms with van der Waals surface area (Å²) < 4.78 is 15.7. The third-order valence-corrected chi connectivity index (χ3v) is 7.28. The van der Waals surface area contributed by atoms with Gasteiger partial charge in [0.05, 0.1) is 26.4 Å². The predicted molar refractivity (Wildman–Crippen MR) is 174 cm³/mol. The zero-order valence-electron chi connectivity index (χ0n) is 28.1. The largest absolute Gasteiger partial charge is 0.481 e. The zero-order chi connectivity index (χ0) is 34.1. The van der Waals surface area contributed by atoms with E-state index in [-0.39, 0.29) is 76.4 Å². The average Bonchev–Trinajstić information content (AvgIpc) is 3.02. The van der Waals surface area contributed by atoms with Crippen molar-refractivity contribution in [3.8, 4) is 0 Å². The Hall–Kier alpha value is -2.77. The van der Waals surface area contributed by atoms with Gasteiger partial charge in [-0.05, 0) is 26.2 Å². The van der Waals surface area contributed by atoms with E-state index in [2.05, 4.69) is 16.0 Å². The van der Waals surface area contributed by atoms with Crippen molar-refractivity contribution in [2.75, 3.05) is 52.7 Å². The fraction of sp³-hybridized carbons (Fsp3) is 0.848. The number of carbonyl (C=O) groups excluding carboxylic acids is 3. The highest BCUT2D eigenvalue weighted by molar-refractivity contribution is 5.84. The normalized spacial score (nSPS) is 11.6. The Labute approximate surface area is 275 Å². The monoisotopic (exact) mass is 659 g/mol. The van der Waals surface area contributed by atoms with Gasteiger partial charge < -0.3 is 40.4 Å². The Bertz CT molecular complexity index is 813. The van der Waals surface area contributed by atoms with Crippen LogP contribution in [-0.4, -0.2) is 98.6 Å². The van der Waals surface area contributed by atoms with Gasteiger partial charge in [-0.3, -0.25) is 19.2 Å². The molecule has 0 aliphatic rings. The van der Waals surface area contributed by atoms with Gasteiger partial charge in [0.25, 0.3) is 0 Å². The minimum absolute atomic E-state index is 0.00102. The zero-order valence-corrected chi connectivity index (χ0v) is 28.1. The summed E-state index contributed by atoms with van der Waals surface area (Å²) in [5, 5.41) is 25.9. The van der Waals surface area contributed by atoms with E-state index in [9.17, 15) is 29.1 Å². The molecule has 0 rings (SSSR count). The number of carboxylic acid groups (broad SMARTS) is 2. The van der Waals surface area contributed by atoms with Crippen molar-refractivity contribution in [3.05, 3.63) is 0 Å². The standard InChI is InChI=1S/C33H61N3O10/c1-2-44-23-21-35-31(39)27-46-26-25-45-24-22-34-29(37)20-19-28(33(42)43)36-30(38)17-15-13-11-9-7-5-3-4-6-8-10-12-14-16-18-32(40)41/h28H,2-27H2,1H3,(H,34,37)(H,35,39)(H,36,38)(H,40,41)(H,42,43). The maximum absolute atomic E-state index is 12.2. The molecule has 0 saturated carbocycles. The average molecular weight is 660 g/mol. The van der Waals surface area contributed by atoms with E-state index in [4.69, 9.17) is 19.3 Å². The first-order valence-electron chi connectivity index (χ1n) is 17.3. The molecule has 13 nitrogen and oxygen atoms in total. The summed E-state index contributed by atoms with van der Waals surface area (Å²) >= 11 is 0. The van der Waals surface area contributed by atoms with Gasteiger partial charge in [0.2, 0.25) is 17.7 Å². The molecule has 1 atom stereocenters. The van der Waals surface area contributed by atoms with Crippen LogP contribution in [0, 0.1) is 0 Å². The second-order valence-electron chi connectivity index (χ2n) is 11.4. The number of carbonyl (C=O) groups is 5. The number of unbranched alkanes of at least 4 members (excludes halogenated alkanes) is 13. The summed E-state index contributed by atoms with van der Waals surface area (Å²) in [7, 11) is 0. The van der Waals surface area contributed by atoms with Crippen LogP contribution in [0.5, 0.6) is 0 Å². The molecule has 0 spiro atoms. The Balaban J connectivity index is 3.67. The van der Waals surface area contributed by atoms with Gasteiger partial charge in [-0.2, -0.15) is 0 Å². The molecule has 0 radical (unpaired) electrons. The predicted octanol–water partition coefficient (Wildman–Crippen LogP) is 3.96. The molecule has 0 aromatic heterocycles. The van der Waals surface area contributed by atoms with E-state index in [1.165, 1.54) is 44.9 Å². The van der Waals surface area contributed by atoms with E-state index < -0.39 is 18.0 Å². The number of aliphatic carboxylic acids is 2. The number of amides is 3. The van der Waals surface area contributed by atoms with Gasteiger partial charge in [-0.15, -0.1) is 0 Å². The molecule has 0 aliphatic carbocycles. The molecule has 0 aliphatic heterocycles. The smallest absolute Gasteiger partial charge is 0.326 e. The second kappa shape index (κ2) is 32.2. The van der Waals surface area contributed by atoms with Crippen LogP contribution >= 0.6 is 0 Å². The van der Waals surface area contributed by atoms with Crippen molar-refractivity contribution in [2.24, 2.45) is 0 Å². The lowest BCUT2D eigenvalue weighted by molar-refractivity contribution is -0.142. The molecule has 3 amide bonds. The fourth-order valence-electron chi connectivity index (χ4n) is 4.68. The van der Waals surface area contributed by atoms with Crippen LogP contribution in [-0.2, 0) is 38.2 Å². The first kappa shape index (κ1) is 43.2. The number of carboxylic acids is 2. The molecule has 0 aromatic rings. The maximum Gasteiger partial charge on any atom is 0.326 e.